The molecule has 1 fully saturated rings. The zero-order chi connectivity index (χ0) is 18.7. The molecule has 4 heteroatoms. The van der Waals surface area contributed by atoms with E-state index in [0.29, 0.717) is 26.4 Å². The van der Waals surface area contributed by atoms with E-state index in [4.69, 9.17) is 14.6 Å². The van der Waals surface area contributed by atoms with Crippen LogP contribution in [0.4, 0.5) is 0 Å². The van der Waals surface area contributed by atoms with Crippen LogP contribution < -0.4 is 0 Å². The first kappa shape index (κ1) is 20.9. The normalized spacial score (nSPS) is 20.9. The fourth-order valence-electron chi connectivity index (χ4n) is 3.38. The van der Waals surface area contributed by atoms with Gasteiger partial charge in [0.1, 0.15) is 0 Å². The van der Waals surface area contributed by atoms with E-state index in [9.17, 15) is 0 Å². The van der Waals surface area contributed by atoms with Crippen molar-refractivity contribution in [3.05, 3.63) is 21.4 Å². The molecule has 2 atom stereocenters. The summed E-state index contributed by atoms with van der Waals surface area (Å²) < 4.78 is 11.1. The van der Waals surface area contributed by atoms with Crippen molar-refractivity contribution >= 4 is 11.3 Å². The topological polar surface area (TPSA) is 38.7 Å². The van der Waals surface area contributed by atoms with Gasteiger partial charge in [-0.3, -0.25) is 0 Å². The number of hydrogen-bond acceptors (Lipinski definition) is 4. The van der Waals surface area contributed by atoms with Gasteiger partial charge in [-0.1, -0.05) is 41.5 Å². The summed E-state index contributed by atoms with van der Waals surface area (Å²) in [6, 6.07) is 2.35. The molecule has 0 aliphatic heterocycles. The summed E-state index contributed by atoms with van der Waals surface area (Å²) in [7, 11) is 0. The Labute approximate surface area is 157 Å². The summed E-state index contributed by atoms with van der Waals surface area (Å²) in [5, 5.41) is 8.74. The van der Waals surface area contributed by atoms with Crippen molar-refractivity contribution in [1.82, 2.24) is 0 Å². The standard InChI is InChI=1S/C21H36O3S/c1-15-11-16(15)13-21(5,6)19-17(12-18(25-19)20(2,3)4)14-24-10-9-23-8-7-22/h12,15-16,22H,7-11,13-14H2,1-6H3/t15?,16-/m1/s1. The molecule has 0 bridgehead atoms. The molecule has 1 heterocycles. The van der Waals surface area contributed by atoms with Crippen LogP contribution in [0.2, 0.25) is 0 Å². The molecular formula is C21H36O3S. The zero-order valence-electron chi connectivity index (χ0n) is 16.9. The molecule has 1 unspecified atom stereocenters. The molecule has 144 valence electrons. The van der Waals surface area contributed by atoms with Gasteiger partial charge in [0.15, 0.2) is 0 Å². The highest BCUT2D eigenvalue weighted by Gasteiger charge is 2.39. The second kappa shape index (κ2) is 8.51. The Balaban J connectivity index is 2.06. The highest BCUT2D eigenvalue weighted by molar-refractivity contribution is 7.12. The molecule has 1 aromatic heterocycles. The third kappa shape index (κ3) is 6.06. The van der Waals surface area contributed by atoms with E-state index in [0.717, 1.165) is 11.8 Å². The van der Waals surface area contributed by atoms with E-state index in [1.54, 1.807) is 0 Å². The molecule has 0 spiro atoms. The minimum absolute atomic E-state index is 0.0669. The van der Waals surface area contributed by atoms with Crippen LogP contribution in [-0.4, -0.2) is 31.5 Å². The van der Waals surface area contributed by atoms with Gasteiger partial charge < -0.3 is 14.6 Å². The molecule has 1 saturated carbocycles. The maximum atomic E-state index is 8.74. The second-order valence-corrected chi connectivity index (χ2v) is 10.2. The lowest BCUT2D eigenvalue weighted by atomic mass is 9.83. The molecule has 1 aliphatic rings. The Morgan fingerprint density at radius 3 is 2.32 bits per heavy atom. The van der Waals surface area contributed by atoms with E-state index in [1.165, 1.54) is 28.2 Å². The van der Waals surface area contributed by atoms with Crippen molar-refractivity contribution in [3.63, 3.8) is 0 Å². The number of rotatable bonds is 10. The van der Waals surface area contributed by atoms with Crippen LogP contribution in [0.1, 0.15) is 69.7 Å². The minimum atomic E-state index is 0.0669. The SMILES string of the molecule is CC1C[C@@H]1CC(C)(C)c1sc(C(C)(C)C)cc1COCCOCCO. The molecule has 3 nitrogen and oxygen atoms in total. The Bertz CT molecular complexity index is 542. The molecule has 2 rings (SSSR count). The fourth-order valence-corrected chi connectivity index (χ4v) is 4.71. The Kier molecular flexibility index (Phi) is 7.11. The lowest BCUT2D eigenvalue weighted by molar-refractivity contribution is 0.0271. The maximum Gasteiger partial charge on any atom is 0.0729 e. The molecule has 1 aromatic rings. The van der Waals surface area contributed by atoms with Crippen LogP contribution in [0.15, 0.2) is 6.07 Å². The Morgan fingerprint density at radius 1 is 1.12 bits per heavy atom. The lowest BCUT2D eigenvalue weighted by Gasteiger charge is -2.25. The number of aliphatic hydroxyl groups excluding tert-OH is 1. The van der Waals surface area contributed by atoms with E-state index >= 15 is 0 Å². The molecular weight excluding hydrogens is 332 g/mol. The van der Waals surface area contributed by atoms with Crippen LogP contribution in [0.5, 0.6) is 0 Å². The van der Waals surface area contributed by atoms with E-state index in [-0.39, 0.29) is 17.4 Å². The van der Waals surface area contributed by atoms with Crippen LogP contribution in [-0.2, 0) is 26.9 Å². The number of thiophene rings is 1. The molecule has 0 aromatic carbocycles. The average Bonchev–Trinajstić information content (AvgIpc) is 3.00. The van der Waals surface area contributed by atoms with E-state index < -0.39 is 0 Å². The first-order chi connectivity index (χ1) is 11.6. The predicted molar refractivity (Wildman–Crippen MR) is 105 cm³/mol. The predicted octanol–water partition coefficient (Wildman–Crippen LogP) is 4.89. The van der Waals surface area contributed by atoms with Crippen LogP contribution in [0, 0.1) is 11.8 Å². The third-order valence-corrected chi connectivity index (χ3v) is 7.05. The first-order valence-electron chi connectivity index (χ1n) is 9.55. The average molecular weight is 369 g/mol. The van der Waals surface area contributed by atoms with Crippen LogP contribution in [0.3, 0.4) is 0 Å². The van der Waals surface area contributed by atoms with Gasteiger partial charge in [-0.25, -0.2) is 0 Å². The van der Waals surface area contributed by atoms with Gasteiger partial charge in [-0.2, -0.15) is 0 Å². The largest absolute Gasteiger partial charge is 0.394 e. The van der Waals surface area contributed by atoms with Crippen molar-refractivity contribution in [2.24, 2.45) is 11.8 Å². The summed E-state index contributed by atoms with van der Waals surface area (Å²) >= 11 is 1.97. The lowest BCUT2D eigenvalue weighted by Crippen LogP contribution is -2.19. The van der Waals surface area contributed by atoms with Gasteiger partial charge in [0.05, 0.1) is 33.0 Å². The Hall–Kier alpha value is -0.420. The Morgan fingerprint density at radius 2 is 1.76 bits per heavy atom. The summed E-state index contributed by atoms with van der Waals surface area (Å²) in [5.41, 5.74) is 1.72. The molecule has 25 heavy (non-hydrogen) atoms. The molecule has 0 radical (unpaired) electrons. The first-order valence-corrected chi connectivity index (χ1v) is 10.4. The van der Waals surface area contributed by atoms with Crippen molar-refractivity contribution < 1.29 is 14.6 Å². The summed E-state index contributed by atoms with van der Waals surface area (Å²) in [4.78, 5) is 2.93. The molecule has 0 amide bonds. The zero-order valence-corrected chi connectivity index (χ0v) is 17.7. The van der Waals surface area contributed by atoms with Gasteiger partial charge in [-0.05, 0) is 47.1 Å². The monoisotopic (exact) mass is 368 g/mol. The van der Waals surface area contributed by atoms with Crippen molar-refractivity contribution in [1.29, 1.82) is 0 Å². The number of ether oxygens (including phenoxy) is 2. The molecule has 0 saturated heterocycles. The minimum Gasteiger partial charge on any atom is -0.394 e. The summed E-state index contributed by atoms with van der Waals surface area (Å²) in [6.45, 7) is 16.2. The van der Waals surface area contributed by atoms with E-state index in [2.05, 4.69) is 47.6 Å². The van der Waals surface area contributed by atoms with Crippen molar-refractivity contribution in [2.45, 2.75) is 71.8 Å². The summed E-state index contributed by atoms with van der Waals surface area (Å²) in [5.74, 6) is 1.78. The smallest absolute Gasteiger partial charge is 0.0729 e. The maximum absolute atomic E-state index is 8.74. The quantitative estimate of drug-likeness (QED) is 0.597. The van der Waals surface area contributed by atoms with Crippen molar-refractivity contribution in [2.75, 3.05) is 26.4 Å². The van der Waals surface area contributed by atoms with Crippen LogP contribution in [0.25, 0.3) is 0 Å². The van der Waals surface area contributed by atoms with E-state index in [1.807, 2.05) is 11.3 Å². The van der Waals surface area contributed by atoms with Gasteiger partial charge in [0.2, 0.25) is 0 Å². The van der Waals surface area contributed by atoms with Gasteiger partial charge >= 0.3 is 0 Å². The highest BCUT2D eigenvalue weighted by atomic mass is 32.1. The molecule has 1 aliphatic carbocycles. The second-order valence-electron chi connectivity index (χ2n) is 9.16. The van der Waals surface area contributed by atoms with Gasteiger partial charge in [0.25, 0.3) is 0 Å². The summed E-state index contributed by atoms with van der Waals surface area (Å²) in [6.07, 6.45) is 2.65. The van der Waals surface area contributed by atoms with Gasteiger partial charge in [-0.15, -0.1) is 11.3 Å². The highest BCUT2D eigenvalue weighted by Crippen LogP contribution is 2.49. The van der Waals surface area contributed by atoms with Crippen molar-refractivity contribution in [3.8, 4) is 0 Å². The fraction of sp³-hybridized carbons (Fsp3) is 0.810. The van der Waals surface area contributed by atoms with Gasteiger partial charge in [0, 0.05) is 9.75 Å². The third-order valence-electron chi connectivity index (χ3n) is 5.08. The number of aliphatic hydroxyl groups is 1. The molecule has 1 N–H and O–H groups in total. The van der Waals surface area contributed by atoms with Crippen LogP contribution >= 0.6 is 11.3 Å². The number of hydrogen-bond donors (Lipinski definition) is 1.